The number of likely N-dealkylation sites (N-methyl/N-ethyl adjacent to an activating group) is 1. The Hall–Kier alpha value is -1.69. The zero-order valence-electron chi connectivity index (χ0n) is 13.9. The van der Waals surface area contributed by atoms with Gasteiger partial charge in [-0.3, -0.25) is 0 Å². The van der Waals surface area contributed by atoms with Crippen LogP contribution in [0.3, 0.4) is 0 Å². The van der Waals surface area contributed by atoms with E-state index in [1.54, 1.807) is 0 Å². The van der Waals surface area contributed by atoms with Gasteiger partial charge in [0.15, 0.2) is 0 Å². The van der Waals surface area contributed by atoms with Crippen LogP contribution in [0.25, 0.3) is 0 Å². The van der Waals surface area contributed by atoms with E-state index >= 15 is 0 Å². The summed E-state index contributed by atoms with van der Waals surface area (Å²) in [7, 11) is 2.15. The molecule has 1 atom stereocenters. The number of rotatable bonds is 4. The van der Waals surface area contributed by atoms with Gasteiger partial charge in [0.2, 0.25) is 0 Å². The molecule has 0 radical (unpaired) electrons. The van der Waals surface area contributed by atoms with Crippen molar-refractivity contribution >= 4 is 27.6 Å². The van der Waals surface area contributed by atoms with E-state index in [0.717, 1.165) is 35.0 Å². The first-order valence-electron chi connectivity index (χ1n) is 8.63. The van der Waals surface area contributed by atoms with Gasteiger partial charge in [0.05, 0.1) is 4.47 Å². The molecule has 6 heteroatoms. The van der Waals surface area contributed by atoms with Gasteiger partial charge in [0.1, 0.15) is 17.5 Å². The Morgan fingerprint density at radius 3 is 2.83 bits per heavy atom. The second kappa shape index (κ2) is 6.67. The Morgan fingerprint density at radius 1 is 1.17 bits per heavy atom. The molecular formula is C18H22BrN5. The first-order valence-corrected chi connectivity index (χ1v) is 9.43. The number of halogens is 1. The number of hydrogen-bond acceptors (Lipinski definition) is 5. The Bertz CT molecular complexity index is 718. The molecule has 24 heavy (non-hydrogen) atoms. The van der Waals surface area contributed by atoms with Crippen LogP contribution in [0.5, 0.6) is 0 Å². The van der Waals surface area contributed by atoms with Gasteiger partial charge in [-0.1, -0.05) is 0 Å². The SMILES string of the molecule is CN(c1ccnc(C2CC2)n1)C1CCCN(c2ncccc2Br)C1. The highest BCUT2D eigenvalue weighted by Gasteiger charge is 2.29. The predicted octanol–water partition coefficient (Wildman–Crippen LogP) is 3.62. The minimum atomic E-state index is 0.439. The van der Waals surface area contributed by atoms with Crippen molar-refractivity contribution in [2.24, 2.45) is 0 Å². The molecule has 0 spiro atoms. The summed E-state index contributed by atoms with van der Waals surface area (Å²) < 4.78 is 1.06. The minimum absolute atomic E-state index is 0.439. The van der Waals surface area contributed by atoms with Crippen molar-refractivity contribution in [1.29, 1.82) is 0 Å². The number of pyridine rings is 1. The van der Waals surface area contributed by atoms with Crippen molar-refractivity contribution < 1.29 is 0 Å². The van der Waals surface area contributed by atoms with Gasteiger partial charge in [-0.25, -0.2) is 15.0 Å². The topological polar surface area (TPSA) is 45.2 Å². The van der Waals surface area contributed by atoms with Crippen LogP contribution in [0.4, 0.5) is 11.6 Å². The largest absolute Gasteiger partial charge is 0.355 e. The number of anilines is 2. The molecule has 1 unspecified atom stereocenters. The van der Waals surface area contributed by atoms with Crippen molar-refractivity contribution in [1.82, 2.24) is 15.0 Å². The third kappa shape index (κ3) is 3.24. The third-order valence-corrected chi connectivity index (χ3v) is 5.57. The summed E-state index contributed by atoms with van der Waals surface area (Å²) in [6.07, 6.45) is 8.58. The third-order valence-electron chi connectivity index (χ3n) is 4.95. The summed E-state index contributed by atoms with van der Waals surface area (Å²) in [6, 6.07) is 6.49. The van der Waals surface area contributed by atoms with Crippen LogP contribution in [-0.2, 0) is 0 Å². The van der Waals surface area contributed by atoms with Gasteiger partial charge in [0.25, 0.3) is 0 Å². The predicted molar refractivity (Wildman–Crippen MR) is 99.6 cm³/mol. The summed E-state index contributed by atoms with van der Waals surface area (Å²) in [4.78, 5) is 18.5. The van der Waals surface area contributed by atoms with E-state index in [2.05, 4.69) is 48.8 Å². The average Bonchev–Trinajstić information content (AvgIpc) is 3.47. The normalized spacial score (nSPS) is 20.9. The zero-order chi connectivity index (χ0) is 16.5. The molecule has 126 valence electrons. The zero-order valence-corrected chi connectivity index (χ0v) is 15.5. The van der Waals surface area contributed by atoms with Crippen LogP contribution < -0.4 is 9.80 Å². The van der Waals surface area contributed by atoms with Crippen molar-refractivity contribution in [2.75, 3.05) is 29.9 Å². The van der Waals surface area contributed by atoms with Crippen LogP contribution in [0.2, 0.25) is 0 Å². The Kier molecular flexibility index (Phi) is 4.39. The van der Waals surface area contributed by atoms with Crippen LogP contribution in [0.15, 0.2) is 35.1 Å². The highest BCUT2D eigenvalue weighted by Crippen LogP contribution is 2.38. The molecule has 0 N–H and O–H groups in total. The van der Waals surface area contributed by atoms with Crippen LogP contribution >= 0.6 is 15.9 Å². The van der Waals surface area contributed by atoms with Gasteiger partial charge in [-0.05, 0) is 59.8 Å². The second-order valence-corrected chi connectivity index (χ2v) is 7.56. The molecule has 2 fully saturated rings. The highest BCUT2D eigenvalue weighted by atomic mass is 79.9. The van der Waals surface area contributed by atoms with Crippen molar-refractivity contribution in [3.8, 4) is 0 Å². The summed E-state index contributed by atoms with van der Waals surface area (Å²) >= 11 is 3.63. The molecule has 2 aromatic heterocycles. The smallest absolute Gasteiger partial charge is 0.142 e. The molecule has 3 heterocycles. The molecule has 1 aliphatic heterocycles. The number of hydrogen-bond donors (Lipinski definition) is 0. The Balaban J connectivity index is 1.51. The Labute approximate surface area is 151 Å². The average molecular weight is 388 g/mol. The van der Waals surface area contributed by atoms with E-state index in [1.807, 2.05) is 24.5 Å². The van der Waals surface area contributed by atoms with Crippen molar-refractivity contribution in [2.45, 2.75) is 37.6 Å². The first kappa shape index (κ1) is 15.8. The van der Waals surface area contributed by atoms with Crippen LogP contribution in [0, 0.1) is 0 Å². The van der Waals surface area contributed by atoms with Gasteiger partial charge in [0, 0.05) is 44.5 Å². The van der Waals surface area contributed by atoms with E-state index in [9.17, 15) is 0 Å². The molecular weight excluding hydrogens is 366 g/mol. The summed E-state index contributed by atoms with van der Waals surface area (Å²) in [5, 5.41) is 0. The molecule has 1 aliphatic carbocycles. The lowest BCUT2D eigenvalue weighted by Crippen LogP contribution is -2.47. The molecule has 0 amide bonds. The van der Waals surface area contributed by atoms with Gasteiger partial charge < -0.3 is 9.80 Å². The maximum Gasteiger partial charge on any atom is 0.142 e. The van der Waals surface area contributed by atoms with Gasteiger partial charge >= 0.3 is 0 Å². The monoisotopic (exact) mass is 387 g/mol. The molecule has 1 saturated carbocycles. The van der Waals surface area contributed by atoms with E-state index in [0.29, 0.717) is 12.0 Å². The fourth-order valence-corrected chi connectivity index (χ4v) is 3.86. The lowest BCUT2D eigenvalue weighted by Gasteiger charge is -2.39. The standard InChI is InChI=1S/C18H22BrN5/c1-23(16-8-10-20-17(22-16)13-6-7-13)14-4-3-11-24(12-14)18-15(19)5-2-9-21-18/h2,5,8-10,13-14H,3-4,6-7,11-12H2,1H3. The van der Waals surface area contributed by atoms with E-state index < -0.39 is 0 Å². The fraction of sp³-hybridized carbons (Fsp3) is 0.500. The van der Waals surface area contributed by atoms with Gasteiger partial charge in [-0.15, -0.1) is 0 Å². The molecule has 1 saturated heterocycles. The van der Waals surface area contributed by atoms with E-state index in [1.165, 1.54) is 25.7 Å². The molecule has 2 aromatic rings. The van der Waals surface area contributed by atoms with Crippen LogP contribution in [0.1, 0.15) is 37.4 Å². The molecule has 0 bridgehead atoms. The maximum atomic E-state index is 4.80. The lowest BCUT2D eigenvalue weighted by molar-refractivity contribution is 0.482. The van der Waals surface area contributed by atoms with Crippen LogP contribution in [-0.4, -0.2) is 41.1 Å². The lowest BCUT2D eigenvalue weighted by atomic mass is 10.0. The molecule has 2 aliphatic rings. The number of aromatic nitrogens is 3. The Morgan fingerprint density at radius 2 is 2.04 bits per heavy atom. The number of nitrogens with zero attached hydrogens (tertiary/aromatic N) is 5. The maximum absolute atomic E-state index is 4.80. The van der Waals surface area contributed by atoms with Crippen molar-refractivity contribution in [3.05, 3.63) is 40.9 Å². The fourth-order valence-electron chi connectivity index (χ4n) is 3.36. The summed E-state index contributed by atoms with van der Waals surface area (Å²) in [5.41, 5.74) is 0. The first-order chi connectivity index (χ1) is 11.7. The summed E-state index contributed by atoms with van der Waals surface area (Å²) in [6.45, 7) is 2.02. The second-order valence-electron chi connectivity index (χ2n) is 6.71. The van der Waals surface area contributed by atoms with Crippen molar-refractivity contribution in [3.63, 3.8) is 0 Å². The minimum Gasteiger partial charge on any atom is -0.355 e. The summed E-state index contributed by atoms with van der Waals surface area (Å²) in [5.74, 6) is 3.68. The van der Waals surface area contributed by atoms with E-state index in [4.69, 9.17) is 4.98 Å². The molecule has 5 nitrogen and oxygen atoms in total. The van der Waals surface area contributed by atoms with Gasteiger partial charge in [-0.2, -0.15) is 0 Å². The molecule has 0 aromatic carbocycles. The molecule has 4 rings (SSSR count). The van der Waals surface area contributed by atoms with E-state index in [-0.39, 0.29) is 0 Å². The number of piperidine rings is 1. The quantitative estimate of drug-likeness (QED) is 0.801. The highest BCUT2D eigenvalue weighted by molar-refractivity contribution is 9.10.